The number of benzene rings is 2. The first-order chi connectivity index (χ1) is 15.1. The second-order valence-electron chi connectivity index (χ2n) is 7.25. The summed E-state index contributed by atoms with van der Waals surface area (Å²) in [5, 5.41) is 15.7. The standard InChI is InChI=1S/C24H24N6O/c1-4-18-10-12-19(13-11-18)22-14-23(27-26-22)24(31)28-25-15-21-16(2)29-30(17(21)3)20-8-6-5-7-9-20/h5-15H,4H2,1-3H3,(H,26,27)(H,28,31)/b25-15+. The monoisotopic (exact) mass is 412 g/mol. The highest BCUT2D eigenvalue weighted by Crippen LogP contribution is 2.19. The molecule has 0 aliphatic rings. The molecule has 0 aliphatic carbocycles. The van der Waals surface area contributed by atoms with Crippen molar-refractivity contribution in [2.75, 3.05) is 0 Å². The van der Waals surface area contributed by atoms with E-state index in [1.165, 1.54) is 5.56 Å². The van der Waals surface area contributed by atoms with E-state index in [1.54, 1.807) is 12.3 Å². The van der Waals surface area contributed by atoms with Gasteiger partial charge in [0.15, 0.2) is 0 Å². The number of carbonyl (C=O) groups is 1. The second kappa shape index (κ2) is 8.79. The van der Waals surface area contributed by atoms with Crippen LogP contribution in [0.3, 0.4) is 0 Å². The maximum atomic E-state index is 12.5. The minimum absolute atomic E-state index is 0.347. The van der Waals surface area contributed by atoms with Crippen molar-refractivity contribution in [1.29, 1.82) is 0 Å². The number of rotatable bonds is 6. The number of carbonyl (C=O) groups excluding carboxylic acids is 1. The molecule has 2 aromatic heterocycles. The highest BCUT2D eigenvalue weighted by atomic mass is 16.2. The molecule has 0 bridgehead atoms. The van der Waals surface area contributed by atoms with Gasteiger partial charge in [-0.05, 0) is 44.0 Å². The van der Waals surface area contributed by atoms with Gasteiger partial charge in [0.05, 0.1) is 29.0 Å². The Hall–Kier alpha value is -4.00. The number of para-hydroxylation sites is 1. The Morgan fingerprint density at radius 2 is 1.87 bits per heavy atom. The van der Waals surface area contributed by atoms with Crippen LogP contribution in [-0.2, 0) is 6.42 Å². The minimum Gasteiger partial charge on any atom is -0.272 e. The summed E-state index contributed by atoms with van der Waals surface area (Å²) in [5.41, 5.74) is 9.45. The fraction of sp³-hybridized carbons (Fsp3) is 0.167. The zero-order valence-electron chi connectivity index (χ0n) is 17.8. The summed E-state index contributed by atoms with van der Waals surface area (Å²) in [6, 6.07) is 19.7. The first-order valence-corrected chi connectivity index (χ1v) is 10.2. The lowest BCUT2D eigenvalue weighted by Crippen LogP contribution is -2.18. The molecule has 0 saturated carbocycles. The van der Waals surface area contributed by atoms with E-state index in [-0.39, 0.29) is 5.91 Å². The van der Waals surface area contributed by atoms with Gasteiger partial charge in [-0.25, -0.2) is 10.1 Å². The molecule has 0 fully saturated rings. The van der Waals surface area contributed by atoms with Crippen LogP contribution in [0, 0.1) is 13.8 Å². The molecule has 4 aromatic rings. The summed E-state index contributed by atoms with van der Waals surface area (Å²) in [4.78, 5) is 12.5. The highest BCUT2D eigenvalue weighted by molar-refractivity contribution is 5.94. The van der Waals surface area contributed by atoms with Crippen LogP contribution in [0.5, 0.6) is 0 Å². The average Bonchev–Trinajstić information content (AvgIpc) is 3.40. The zero-order valence-corrected chi connectivity index (χ0v) is 17.8. The molecule has 7 heteroatoms. The van der Waals surface area contributed by atoms with Gasteiger partial charge >= 0.3 is 0 Å². The third kappa shape index (κ3) is 4.30. The largest absolute Gasteiger partial charge is 0.289 e. The van der Waals surface area contributed by atoms with Gasteiger partial charge in [0.1, 0.15) is 5.69 Å². The molecule has 156 valence electrons. The molecule has 2 N–H and O–H groups in total. The Morgan fingerprint density at radius 3 is 2.58 bits per heavy atom. The number of nitrogens with one attached hydrogen (secondary N) is 2. The maximum Gasteiger partial charge on any atom is 0.289 e. The van der Waals surface area contributed by atoms with Crippen molar-refractivity contribution in [1.82, 2.24) is 25.4 Å². The first-order valence-electron chi connectivity index (χ1n) is 10.2. The van der Waals surface area contributed by atoms with Crippen molar-refractivity contribution < 1.29 is 4.79 Å². The predicted octanol–water partition coefficient (Wildman–Crippen LogP) is 4.21. The van der Waals surface area contributed by atoms with Gasteiger partial charge in [-0.3, -0.25) is 9.89 Å². The topological polar surface area (TPSA) is 88.0 Å². The van der Waals surface area contributed by atoms with E-state index < -0.39 is 0 Å². The molecule has 2 aromatic carbocycles. The van der Waals surface area contributed by atoms with Gasteiger partial charge < -0.3 is 0 Å². The van der Waals surface area contributed by atoms with E-state index in [4.69, 9.17) is 0 Å². The van der Waals surface area contributed by atoms with Crippen LogP contribution in [-0.4, -0.2) is 32.1 Å². The molecule has 0 unspecified atom stereocenters. The third-order valence-corrected chi connectivity index (χ3v) is 5.19. The Balaban J connectivity index is 1.46. The van der Waals surface area contributed by atoms with Crippen molar-refractivity contribution in [2.45, 2.75) is 27.2 Å². The quantitative estimate of drug-likeness (QED) is 0.367. The fourth-order valence-electron chi connectivity index (χ4n) is 3.37. The number of hydrogen-bond acceptors (Lipinski definition) is 4. The van der Waals surface area contributed by atoms with Crippen LogP contribution in [0.2, 0.25) is 0 Å². The summed E-state index contributed by atoms with van der Waals surface area (Å²) in [6.07, 6.45) is 2.60. The number of hydrogen-bond donors (Lipinski definition) is 2. The predicted molar refractivity (Wildman–Crippen MR) is 121 cm³/mol. The van der Waals surface area contributed by atoms with Gasteiger partial charge in [-0.1, -0.05) is 49.4 Å². The number of amides is 1. The van der Waals surface area contributed by atoms with E-state index in [0.29, 0.717) is 11.4 Å². The molecule has 0 spiro atoms. The van der Waals surface area contributed by atoms with Crippen LogP contribution in [0.25, 0.3) is 16.9 Å². The minimum atomic E-state index is -0.356. The summed E-state index contributed by atoms with van der Waals surface area (Å²) in [7, 11) is 0. The number of aromatic nitrogens is 4. The lowest BCUT2D eigenvalue weighted by atomic mass is 10.1. The van der Waals surface area contributed by atoms with Crippen LogP contribution in [0.4, 0.5) is 0 Å². The molecule has 7 nitrogen and oxygen atoms in total. The molecule has 2 heterocycles. The van der Waals surface area contributed by atoms with E-state index in [2.05, 4.69) is 44.9 Å². The molecule has 1 amide bonds. The lowest BCUT2D eigenvalue weighted by molar-refractivity contribution is 0.0950. The molecule has 4 rings (SSSR count). The average molecular weight is 412 g/mol. The Labute approximate surface area is 180 Å². The van der Waals surface area contributed by atoms with Crippen molar-refractivity contribution in [3.05, 3.63) is 88.9 Å². The molecule has 31 heavy (non-hydrogen) atoms. The van der Waals surface area contributed by atoms with Crippen molar-refractivity contribution in [3.63, 3.8) is 0 Å². The summed E-state index contributed by atoms with van der Waals surface area (Å²) in [6.45, 7) is 6.00. The van der Waals surface area contributed by atoms with Gasteiger partial charge in [-0.2, -0.15) is 15.3 Å². The van der Waals surface area contributed by atoms with Crippen LogP contribution in [0.1, 0.15) is 39.9 Å². The number of aromatic amines is 1. The number of hydrazone groups is 1. The van der Waals surface area contributed by atoms with E-state index in [9.17, 15) is 4.79 Å². The Morgan fingerprint density at radius 1 is 1.13 bits per heavy atom. The fourth-order valence-corrected chi connectivity index (χ4v) is 3.37. The van der Waals surface area contributed by atoms with Crippen LogP contribution < -0.4 is 5.43 Å². The Kier molecular flexibility index (Phi) is 5.75. The van der Waals surface area contributed by atoms with Crippen molar-refractivity contribution in [2.24, 2.45) is 5.10 Å². The van der Waals surface area contributed by atoms with Gasteiger partial charge in [0, 0.05) is 11.1 Å². The summed E-state index contributed by atoms with van der Waals surface area (Å²) >= 11 is 0. The number of aryl methyl sites for hydroxylation is 2. The van der Waals surface area contributed by atoms with E-state index >= 15 is 0 Å². The molecular formula is C24H24N6O. The SMILES string of the molecule is CCc1ccc(-c2cc(C(=O)N/N=C/c3c(C)nn(-c4ccccc4)c3C)[nH]n2)cc1. The highest BCUT2D eigenvalue weighted by Gasteiger charge is 2.13. The molecule has 0 aliphatic heterocycles. The van der Waals surface area contributed by atoms with Crippen molar-refractivity contribution in [3.8, 4) is 16.9 Å². The van der Waals surface area contributed by atoms with Crippen LogP contribution >= 0.6 is 0 Å². The zero-order chi connectivity index (χ0) is 21.8. The molecule has 0 saturated heterocycles. The molecular weight excluding hydrogens is 388 g/mol. The van der Waals surface area contributed by atoms with E-state index in [1.807, 2.05) is 61.0 Å². The lowest BCUT2D eigenvalue weighted by Gasteiger charge is -2.03. The van der Waals surface area contributed by atoms with E-state index in [0.717, 1.165) is 34.6 Å². The van der Waals surface area contributed by atoms with Gasteiger partial charge in [0.2, 0.25) is 0 Å². The molecule has 0 atom stereocenters. The van der Waals surface area contributed by atoms with Crippen LogP contribution in [0.15, 0.2) is 65.8 Å². The van der Waals surface area contributed by atoms with Gasteiger partial charge in [-0.15, -0.1) is 0 Å². The maximum absolute atomic E-state index is 12.5. The van der Waals surface area contributed by atoms with Crippen molar-refractivity contribution >= 4 is 12.1 Å². The summed E-state index contributed by atoms with van der Waals surface area (Å²) in [5.74, 6) is -0.356. The number of H-pyrrole nitrogens is 1. The third-order valence-electron chi connectivity index (χ3n) is 5.19. The van der Waals surface area contributed by atoms with Gasteiger partial charge in [0.25, 0.3) is 5.91 Å². The normalized spacial score (nSPS) is 11.2. The molecule has 0 radical (unpaired) electrons. The second-order valence-corrected chi connectivity index (χ2v) is 7.25. The first kappa shape index (κ1) is 20.3. The Bertz CT molecular complexity index is 1220. The summed E-state index contributed by atoms with van der Waals surface area (Å²) < 4.78 is 1.86. The smallest absolute Gasteiger partial charge is 0.272 e. The number of nitrogens with zero attached hydrogens (tertiary/aromatic N) is 4.